The number of aryl methyl sites for hydroxylation is 1. The molecule has 9 heteroatoms. The molecule has 2 aliphatic rings. The quantitative estimate of drug-likeness (QED) is 0.181. The third-order valence-electron chi connectivity index (χ3n) is 8.83. The van der Waals surface area contributed by atoms with Gasteiger partial charge in [0.1, 0.15) is 23.2 Å². The van der Waals surface area contributed by atoms with Crippen LogP contribution in [-0.2, 0) is 16.9 Å². The number of fused-ring (bicyclic) bond motifs is 1. The van der Waals surface area contributed by atoms with Crippen molar-refractivity contribution in [3.8, 4) is 5.75 Å². The highest BCUT2D eigenvalue weighted by molar-refractivity contribution is 8.01. The van der Waals surface area contributed by atoms with Crippen molar-refractivity contribution in [3.63, 3.8) is 0 Å². The summed E-state index contributed by atoms with van der Waals surface area (Å²) < 4.78 is 1.43. The Morgan fingerprint density at radius 3 is 2.00 bits per heavy atom. The van der Waals surface area contributed by atoms with Gasteiger partial charge in [-0.1, -0.05) is 103 Å². The largest absolute Gasteiger partial charge is 0.508 e. The molecule has 5 aromatic rings. The van der Waals surface area contributed by atoms with E-state index in [1.165, 1.54) is 0 Å². The number of phenols is 1. The maximum atomic E-state index is 14.3. The molecule has 44 heavy (non-hydrogen) atoms. The molecular formula is C35H34N6O2S. The van der Waals surface area contributed by atoms with Gasteiger partial charge >= 0.3 is 0 Å². The second-order valence-electron chi connectivity index (χ2n) is 12.0. The molecule has 222 valence electrons. The van der Waals surface area contributed by atoms with Gasteiger partial charge in [-0.2, -0.15) is 0 Å². The standard InChI is InChI=1S/C35H34N6O2S/c1-23-21-24(19-20-28(23)42)22-40-31(37-38-39-40)30-34(2,3)44-33-29(32(43)41(30)33)36-35(25-13-7-4-8-14-25,26-15-9-5-10-16-26)27-17-11-6-12-18-27/h4-21,29-30,33,36,42H,22H2,1-3H3. The third kappa shape index (κ3) is 4.58. The maximum absolute atomic E-state index is 14.3. The van der Waals surface area contributed by atoms with Crippen LogP contribution in [0.5, 0.6) is 5.75 Å². The number of rotatable bonds is 8. The van der Waals surface area contributed by atoms with E-state index in [1.54, 1.807) is 22.5 Å². The Morgan fingerprint density at radius 2 is 1.45 bits per heavy atom. The Hall–Kier alpha value is -4.47. The van der Waals surface area contributed by atoms with Crippen LogP contribution in [-0.4, -0.2) is 52.3 Å². The van der Waals surface area contributed by atoms with E-state index in [4.69, 9.17) is 0 Å². The molecule has 3 atom stereocenters. The molecule has 7 rings (SSSR count). The fourth-order valence-corrected chi connectivity index (χ4v) is 8.35. The van der Waals surface area contributed by atoms with Gasteiger partial charge in [-0.3, -0.25) is 10.1 Å². The first kappa shape index (κ1) is 28.3. The van der Waals surface area contributed by atoms with Crippen LogP contribution in [0.2, 0.25) is 0 Å². The summed E-state index contributed by atoms with van der Waals surface area (Å²) in [6.45, 7) is 6.63. The summed E-state index contributed by atoms with van der Waals surface area (Å²) in [5.41, 5.74) is 4.21. The van der Waals surface area contributed by atoms with Crippen LogP contribution in [0.4, 0.5) is 0 Å². The van der Waals surface area contributed by atoms with Crippen molar-refractivity contribution in [2.75, 3.05) is 0 Å². The van der Waals surface area contributed by atoms with E-state index >= 15 is 0 Å². The highest BCUT2D eigenvalue weighted by atomic mass is 32.2. The minimum absolute atomic E-state index is 0.0280. The number of hydrogen-bond acceptors (Lipinski definition) is 7. The molecule has 3 unspecified atom stereocenters. The lowest BCUT2D eigenvalue weighted by Gasteiger charge is -2.49. The predicted octanol–water partition coefficient (Wildman–Crippen LogP) is 5.42. The Kier molecular flexibility index (Phi) is 7.02. The maximum Gasteiger partial charge on any atom is 0.244 e. The van der Waals surface area contributed by atoms with Gasteiger partial charge < -0.3 is 10.0 Å². The fraction of sp³-hybridized carbons (Fsp3) is 0.257. The second kappa shape index (κ2) is 10.9. The van der Waals surface area contributed by atoms with Crippen LogP contribution in [0, 0.1) is 6.92 Å². The molecule has 1 amide bonds. The third-order valence-corrected chi connectivity index (χ3v) is 10.4. The lowest BCUT2D eigenvalue weighted by molar-refractivity contribution is -0.150. The molecule has 0 aliphatic carbocycles. The van der Waals surface area contributed by atoms with Gasteiger partial charge in [0.05, 0.1) is 12.1 Å². The summed E-state index contributed by atoms with van der Waals surface area (Å²) in [5, 5.41) is 26.6. The van der Waals surface area contributed by atoms with E-state index in [1.807, 2.05) is 78.6 Å². The number of carbonyl (C=O) groups excluding carboxylic acids is 1. The van der Waals surface area contributed by atoms with Gasteiger partial charge in [-0.05, 0) is 65.1 Å². The number of aromatic nitrogens is 4. The zero-order valence-corrected chi connectivity index (χ0v) is 25.6. The molecule has 0 bridgehead atoms. The number of carbonyl (C=O) groups is 1. The zero-order chi connectivity index (χ0) is 30.5. The van der Waals surface area contributed by atoms with E-state index < -0.39 is 11.6 Å². The van der Waals surface area contributed by atoms with Crippen LogP contribution >= 0.6 is 11.8 Å². The summed E-state index contributed by atoms with van der Waals surface area (Å²) in [6, 6.07) is 35.8. The number of aromatic hydroxyl groups is 1. The number of nitrogens with zero attached hydrogens (tertiary/aromatic N) is 5. The normalized spacial score (nSPS) is 20.8. The van der Waals surface area contributed by atoms with Crippen LogP contribution in [0.15, 0.2) is 109 Å². The van der Waals surface area contributed by atoms with E-state index in [0.717, 1.165) is 27.8 Å². The number of hydrogen-bond donors (Lipinski definition) is 2. The molecule has 3 heterocycles. The molecule has 0 radical (unpaired) electrons. The summed E-state index contributed by atoms with van der Waals surface area (Å²) in [4.78, 5) is 16.3. The van der Waals surface area contributed by atoms with E-state index in [9.17, 15) is 9.90 Å². The minimum atomic E-state index is -0.753. The summed E-state index contributed by atoms with van der Waals surface area (Å²) in [7, 11) is 0. The van der Waals surface area contributed by atoms with Crippen molar-refractivity contribution in [2.24, 2.45) is 0 Å². The second-order valence-corrected chi connectivity index (χ2v) is 13.8. The molecule has 0 spiro atoms. The first-order chi connectivity index (χ1) is 21.3. The number of thioether (sulfide) groups is 1. The first-order valence-corrected chi connectivity index (χ1v) is 15.7. The van der Waals surface area contributed by atoms with Crippen molar-refractivity contribution in [2.45, 2.75) is 55.1 Å². The smallest absolute Gasteiger partial charge is 0.244 e. The number of benzene rings is 4. The van der Waals surface area contributed by atoms with Crippen LogP contribution < -0.4 is 5.32 Å². The summed E-state index contributed by atoms with van der Waals surface area (Å²) in [6.07, 6.45) is 0. The van der Waals surface area contributed by atoms with E-state index in [-0.39, 0.29) is 27.8 Å². The highest BCUT2D eigenvalue weighted by Crippen LogP contribution is 2.57. The Labute approximate surface area is 261 Å². The average molecular weight is 603 g/mol. The van der Waals surface area contributed by atoms with Gasteiger partial charge in [0.2, 0.25) is 5.91 Å². The Balaban J connectivity index is 1.26. The SMILES string of the molecule is Cc1cc(Cn2nnnc2C2N3C(=O)C(NC(c4ccccc4)(c4ccccc4)c4ccccc4)C3SC2(C)C)ccc1O. The Morgan fingerprint density at radius 1 is 0.886 bits per heavy atom. The molecule has 2 N–H and O–H groups in total. The van der Waals surface area contributed by atoms with Crippen molar-refractivity contribution < 1.29 is 9.90 Å². The summed E-state index contributed by atoms with van der Waals surface area (Å²) >= 11 is 1.78. The molecule has 2 saturated heterocycles. The summed E-state index contributed by atoms with van der Waals surface area (Å²) in [5.74, 6) is 0.937. The van der Waals surface area contributed by atoms with E-state index in [0.29, 0.717) is 12.4 Å². The van der Waals surface area contributed by atoms with Gasteiger partial charge in [-0.15, -0.1) is 16.9 Å². The molecule has 1 aromatic heterocycles. The number of tetrazole rings is 1. The van der Waals surface area contributed by atoms with Gasteiger partial charge in [0, 0.05) is 4.75 Å². The van der Waals surface area contributed by atoms with Crippen LogP contribution in [0.25, 0.3) is 0 Å². The van der Waals surface area contributed by atoms with Crippen molar-refractivity contribution >= 4 is 17.7 Å². The average Bonchev–Trinajstić information content (AvgIpc) is 3.59. The molecule has 4 aromatic carbocycles. The monoisotopic (exact) mass is 602 g/mol. The lowest BCUT2D eigenvalue weighted by atomic mass is 9.76. The molecule has 0 saturated carbocycles. The number of amides is 1. The zero-order valence-electron chi connectivity index (χ0n) is 24.8. The molecule has 8 nitrogen and oxygen atoms in total. The Bertz CT molecular complexity index is 1700. The van der Waals surface area contributed by atoms with Crippen molar-refractivity contribution in [1.82, 2.24) is 30.4 Å². The molecule has 2 fully saturated rings. The molecule has 2 aliphatic heterocycles. The lowest BCUT2D eigenvalue weighted by Crippen LogP contribution is -2.70. The predicted molar refractivity (Wildman–Crippen MR) is 171 cm³/mol. The van der Waals surface area contributed by atoms with Gasteiger partial charge in [-0.25, -0.2) is 4.68 Å². The van der Waals surface area contributed by atoms with Gasteiger partial charge in [0.25, 0.3) is 0 Å². The minimum Gasteiger partial charge on any atom is -0.508 e. The highest BCUT2D eigenvalue weighted by Gasteiger charge is 2.64. The molecular weight excluding hydrogens is 568 g/mol. The van der Waals surface area contributed by atoms with Crippen molar-refractivity contribution in [3.05, 3.63) is 143 Å². The number of β-lactam (4-membered cyclic amide) rings is 1. The number of nitrogens with one attached hydrogen (secondary N) is 1. The van der Waals surface area contributed by atoms with Crippen LogP contribution in [0.1, 0.15) is 53.5 Å². The topological polar surface area (TPSA) is 96.2 Å². The van der Waals surface area contributed by atoms with Gasteiger partial charge in [0.15, 0.2) is 5.82 Å². The number of phenolic OH excluding ortho intramolecular Hbond substituents is 1. The fourth-order valence-electron chi connectivity index (χ4n) is 6.72. The van der Waals surface area contributed by atoms with E-state index in [2.05, 4.69) is 71.1 Å². The first-order valence-electron chi connectivity index (χ1n) is 14.8. The van der Waals surface area contributed by atoms with Crippen molar-refractivity contribution in [1.29, 1.82) is 0 Å². The van der Waals surface area contributed by atoms with Crippen LogP contribution in [0.3, 0.4) is 0 Å².